The molecule has 0 aliphatic carbocycles. The second kappa shape index (κ2) is 15.6. The van der Waals surface area contributed by atoms with E-state index in [4.69, 9.17) is 9.47 Å². The Balaban J connectivity index is 1.74. The average molecular weight is 625 g/mol. The van der Waals surface area contributed by atoms with Crippen molar-refractivity contribution in [1.82, 2.24) is 20.2 Å². The Bertz CT molecular complexity index is 1170. The number of ether oxygens (including phenoxy) is 2. The maximum Gasteiger partial charge on any atom is 0.308 e. The van der Waals surface area contributed by atoms with E-state index in [2.05, 4.69) is 15.3 Å². The van der Waals surface area contributed by atoms with Gasteiger partial charge in [-0.15, -0.1) is 22.7 Å². The fraction of sp³-hybridized carbons (Fsp3) is 0.643. The number of aromatic nitrogens is 2. The Morgan fingerprint density at radius 1 is 1.15 bits per heavy atom. The number of carbonyl (C=O) groups excluding carboxylic acids is 4. The van der Waals surface area contributed by atoms with Crippen molar-refractivity contribution in [2.45, 2.75) is 71.6 Å². The Hall–Kier alpha value is -2.51. The lowest BCUT2D eigenvalue weighted by atomic mass is 9.95. The van der Waals surface area contributed by atoms with Crippen LogP contribution in [0.4, 0.5) is 0 Å². The van der Waals surface area contributed by atoms with Crippen molar-refractivity contribution in [2.75, 3.05) is 25.7 Å². The van der Waals surface area contributed by atoms with E-state index in [-0.39, 0.29) is 35.6 Å². The van der Waals surface area contributed by atoms with Crippen LogP contribution >= 0.6 is 34.4 Å². The molecule has 4 atom stereocenters. The molecule has 41 heavy (non-hydrogen) atoms. The topological polar surface area (TPSA) is 128 Å². The zero-order valence-corrected chi connectivity index (χ0v) is 26.9. The number of carbonyl (C=O) groups is 4. The SMILES string of the molecule is COC(=O)[C@@H](C)C[C@H](Cc1nccs1)NC(=O)c1csc([C@@H](CC(C(C)C)N(C)C(=O)CC2CSC2)OC(C)=O)n1. The third-order valence-corrected chi connectivity index (χ3v) is 10.3. The van der Waals surface area contributed by atoms with Gasteiger partial charge in [0.25, 0.3) is 5.91 Å². The summed E-state index contributed by atoms with van der Waals surface area (Å²) in [5.74, 6) is 1.03. The minimum absolute atomic E-state index is 0.0854. The van der Waals surface area contributed by atoms with Crippen LogP contribution in [0.15, 0.2) is 17.0 Å². The van der Waals surface area contributed by atoms with E-state index >= 15 is 0 Å². The summed E-state index contributed by atoms with van der Waals surface area (Å²) >= 11 is 4.57. The van der Waals surface area contributed by atoms with Gasteiger partial charge in [-0.3, -0.25) is 19.2 Å². The standard InChI is InChI=1S/C28H40N4O6S3/c1-16(2)22(32(5)25(34)10-19-13-39-14-19)12-23(38-18(4)33)27-31-21(15-41-27)26(35)30-20(9-17(3)28(36)37-6)11-24-29-7-8-40-24/h7-8,15-17,19-20,22-23H,9-14H2,1-6H3,(H,30,35)/t17-,20+,22?,23+/m0/s1. The van der Waals surface area contributed by atoms with Crippen LogP contribution in [0.2, 0.25) is 0 Å². The molecule has 226 valence electrons. The van der Waals surface area contributed by atoms with E-state index < -0.39 is 23.9 Å². The van der Waals surface area contributed by atoms with Crippen LogP contribution in [0.25, 0.3) is 0 Å². The van der Waals surface area contributed by atoms with Crippen LogP contribution in [-0.4, -0.2) is 76.4 Å². The molecule has 0 radical (unpaired) electrons. The number of hydrogen-bond acceptors (Lipinski definition) is 11. The van der Waals surface area contributed by atoms with Crippen molar-refractivity contribution in [1.29, 1.82) is 0 Å². The molecular weight excluding hydrogens is 585 g/mol. The van der Waals surface area contributed by atoms with E-state index in [0.717, 1.165) is 16.5 Å². The molecule has 0 spiro atoms. The molecule has 1 aliphatic rings. The molecule has 0 aromatic carbocycles. The second-order valence-corrected chi connectivity index (χ2v) is 13.7. The van der Waals surface area contributed by atoms with Gasteiger partial charge in [0.2, 0.25) is 5.91 Å². The Labute approximate surface area is 254 Å². The molecule has 1 unspecified atom stereocenters. The van der Waals surface area contributed by atoms with Gasteiger partial charge in [-0.2, -0.15) is 11.8 Å². The second-order valence-electron chi connectivity index (χ2n) is 10.8. The highest BCUT2D eigenvalue weighted by Gasteiger charge is 2.32. The van der Waals surface area contributed by atoms with Crippen molar-refractivity contribution in [3.05, 3.63) is 32.7 Å². The molecular formula is C28H40N4O6S3. The molecule has 1 fully saturated rings. The molecule has 2 aromatic heterocycles. The lowest BCUT2D eigenvalue weighted by Gasteiger charge is -2.35. The van der Waals surface area contributed by atoms with Crippen LogP contribution in [0, 0.1) is 17.8 Å². The summed E-state index contributed by atoms with van der Waals surface area (Å²) in [6, 6.07) is -0.542. The summed E-state index contributed by atoms with van der Waals surface area (Å²) in [5, 5.41) is 7.83. The molecule has 3 heterocycles. The van der Waals surface area contributed by atoms with Crippen LogP contribution < -0.4 is 5.32 Å². The third-order valence-electron chi connectivity index (χ3n) is 7.11. The average Bonchev–Trinajstić information content (AvgIpc) is 3.59. The van der Waals surface area contributed by atoms with Gasteiger partial charge in [0.1, 0.15) is 10.7 Å². The first-order valence-corrected chi connectivity index (χ1v) is 16.6. The van der Waals surface area contributed by atoms with E-state index in [1.807, 2.05) is 38.0 Å². The zero-order valence-electron chi connectivity index (χ0n) is 24.5. The van der Waals surface area contributed by atoms with Gasteiger partial charge in [-0.1, -0.05) is 20.8 Å². The molecule has 10 nitrogen and oxygen atoms in total. The quantitative estimate of drug-likeness (QED) is 0.287. The highest BCUT2D eigenvalue weighted by Crippen LogP contribution is 2.32. The van der Waals surface area contributed by atoms with Crippen LogP contribution in [0.5, 0.6) is 0 Å². The summed E-state index contributed by atoms with van der Waals surface area (Å²) in [5.41, 5.74) is 0.199. The van der Waals surface area contributed by atoms with Crippen LogP contribution in [-0.2, 0) is 30.3 Å². The smallest absolute Gasteiger partial charge is 0.308 e. The molecule has 1 saturated heterocycles. The minimum Gasteiger partial charge on any atom is -0.469 e. The number of methoxy groups -OCH3 is 1. The third kappa shape index (κ3) is 9.78. The molecule has 0 saturated carbocycles. The van der Waals surface area contributed by atoms with E-state index in [9.17, 15) is 19.2 Å². The maximum absolute atomic E-state index is 13.3. The molecule has 1 N–H and O–H groups in total. The molecule has 2 aromatic rings. The first-order chi connectivity index (χ1) is 19.5. The van der Waals surface area contributed by atoms with Crippen molar-refractivity contribution in [2.24, 2.45) is 17.8 Å². The van der Waals surface area contributed by atoms with Gasteiger partial charge in [0.05, 0.1) is 18.0 Å². The molecule has 13 heteroatoms. The Kier molecular flexibility index (Phi) is 12.6. The lowest BCUT2D eigenvalue weighted by Crippen LogP contribution is -2.43. The molecule has 3 rings (SSSR count). The first kappa shape index (κ1) is 33.0. The predicted octanol–water partition coefficient (Wildman–Crippen LogP) is 4.37. The zero-order chi connectivity index (χ0) is 30.1. The number of nitrogens with zero attached hydrogens (tertiary/aromatic N) is 3. The first-order valence-electron chi connectivity index (χ1n) is 13.7. The normalized spacial score (nSPS) is 16.3. The van der Waals surface area contributed by atoms with Gasteiger partial charge in [-0.25, -0.2) is 9.97 Å². The summed E-state index contributed by atoms with van der Waals surface area (Å²) in [7, 11) is 3.15. The van der Waals surface area contributed by atoms with Crippen molar-refractivity contribution < 1.29 is 28.7 Å². The number of thiazole rings is 2. The minimum atomic E-state index is -0.702. The van der Waals surface area contributed by atoms with Crippen LogP contribution in [0.1, 0.15) is 73.6 Å². The summed E-state index contributed by atoms with van der Waals surface area (Å²) < 4.78 is 10.5. The largest absolute Gasteiger partial charge is 0.469 e. The fourth-order valence-electron chi connectivity index (χ4n) is 4.76. The molecule has 1 aliphatic heterocycles. The van der Waals surface area contributed by atoms with Crippen LogP contribution in [0.3, 0.4) is 0 Å². The monoisotopic (exact) mass is 624 g/mol. The van der Waals surface area contributed by atoms with Gasteiger partial charge in [0.15, 0.2) is 6.10 Å². The number of thioether (sulfide) groups is 1. The van der Waals surface area contributed by atoms with E-state index in [0.29, 0.717) is 36.6 Å². The summed E-state index contributed by atoms with van der Waals surface area (Å²) in [6.45, 7) is 7.18. The summed E-state index contributed by atoms with van der Waals surface area (Å²) in [6.07, 6.45) is 2.73. The number of esters is 2. The Morgan fingerprint density at radius 3 is 2.44 bits per heavy atom. The van der Waals surface area contributed by atoms with Gasteiger partial charge in [0, 0.05) is 62.3 Å². The fourth-order valence-corrected chi connectivity index (χ4v) is 7.10. The van der Waals surface area contributed by atoms with E-state index in [1.165, 1.54) is 36.7 Å². The van der Waals surface area contributed by atoms with Crippen molar-refractivity contribution >= 4 is 58.2 Å². The number of nitrogens with one attached hydrogen (secondary N) is 1. The predicted molar refractivity (Wildman–Crippen MR) is 161 cm³/mol. The van der Waals surface area contributed by atoms with Gasteiger partial charge >= 0.3 is 11.9 Å². The highest BCUT2D eigenvalue weighted by molar-refractivity contribution is 8.00. The van der Waals surface area contributed by atoms with Gasteiger partial charge in [-0.05, 0) is 29.8 Å². The Morgan fingerprint density at radius 2 is 1.88 bits per heavy atom. The van der Waals surface area contributed by atoms with Crippen molar-refractivity contribution in [3.8, 4) is 0 Å². The molecule has 0 bridgehead atoms. The number of rotatable bonds is 15. The number of hydrogen-bond donors (Lipinski definition) is 1. The molecule has 2 amide bonds. The number of amides is 2. The van der Waals surface area contributed by atoms with Crippen molar-refractivity contribution in [3.63, 3.8) is 0 Å². The van der Waals surface area contributed by atoms with Gasteiger partial charge < -0.3 is 19.7 Å². The summed E-state index contributed by atoms with van der Waals surface area (Å²) in [4.78, 5) is 61.0. The highest BCUT2D eigenvalue weighted by atomic mass is 32.2. The van der Waals surface area contributed by atoms with E-state index in [1.54, 1.807) is 23.4 Å². The maximum atomic E-state index is 13.3. The lowest BCUT2D eigenvalue weighted by molar-refractivity contribution is -0.148.